The Bertz CT molecular complexity index is 994. The topological polar surface area (TPSA) is 102 Å². The van der Waals surface area contributed by atoms with Gasteiger partial charge in [-0.2, -0.15) is 0 Å². The molecule has 1 heterocycles. The molecule has 0 spiro atoms. The van der Waals surface area contributed by atoms with Crippen LogP contribution < -0.4 is 5.73 Å². The molecule has 0 saturated heterocycles. The largest absolute Gasteiger partial charge is 0.481 e. The van der Waals surface area contributed by atoms with Crippen molar-refractivity contribution in [3.05, 3.63) is 66.4 Å². The summed E-state index contributed by atoms with van der Waals surface area (Å²) in [4.78, 5) is 11.1. The Morgan fingerprint density at radius 2 is 1.71 bits per heavy atom. The molecule has 6 nitrogen and oxygen atoms in total. The van der Waals surface area contributed by atoms with Gasteiger partial charge in [-0.05, 0) is 23.8 Å². The van der Waals surface area contributed by atoms with E-state index in [-0.39, 0.29) is 11.3 Å². The van der Waals surface area contributed by atoms with Crippen LogP contribution in [0, 0.1) is 0 Å². The van der Waals surface area contributed by atoms with Gasteiger partial charge in [0.2, 0.25) is 0 Å². The third kappa shape index (κ3) is 2.79. The van der Waals surface area contributed by atoms with Gasteiger partial charge in [0.25, 0.3) is 10.0 Å². The van der Waals surface area contributed by atoms with Crippen LogP contribution >= 0.6 is 0 Å². The molecule has 0 saturated carbocycles. The van der Waals surface area contributed by atoms with Crippen LogP contribution in [0.15, 0.2) is 65.7 Å². The Morgan fingerprint density at radius 1 is 1.08 bits per heavy atom. The van der Waals surface area contributed by atoms with Crippen molar-refractivity contribution in [3.63, 3.8) is 0 Å². The number of rotatable bonds is 5. The highest BCUT2D eigenvalue weighted by atomic mass is 32.2. The van der Waals surface area contributed by atoms with E-state index in [2.05, 4.69) is 0 Å². The van der Waals surface area contributed by atoms with Crippen molar-refractivity contribution >= 4 is 26.9 Å². The highest BCUT2D eigenvalue weighted by molar-refractivity contribution is 7.90. The lowest BCUT2D eigenvalue weighted by Gasteiger charge is -2.07. The molecule has 0 radical (unpaired) electrons. The summed E-state index contributed by atoms with van der Waals surface area (Å²) in [7, 11) is -3.79. The molecular weight excluding hydrogens is 328 g/mol. The zero-order valence-corrected chi connectivity index (χ0v) is 13.5. The summed E-state index contributed by atoms with van der Waals surface area (Å²) in [6.45, 7) is 0. The van der Waals surface area contributed by atoms with Crippen LogP contribution in [0.3, 0.4) is 0 Å². The Hall–Kier alpha value is -2.64. The van der Waals surface area contributed by atoms with E-state index in [9.17, 15) is 13.2 Å². The predicted octanol–water partition coefficient (Wildman–Crippen LogP) is 2.35. The van der Waals surface area contributed by atoms with Crippen molar-refractivity contribution in [1.29, 1.82) is 0 Å². The van der Waals surface area contributed by atoms with Crippen LogP contribution in [-0.2, 0) is 14.8 Å². The van der Waals surface area contributed by atoms with Gasteiger partial charge in [0.1, 0.15) is 0 Å². The number of hydrogen-bond donors (Lipinski definition) is 2. The minimum atomic E-state index is -3.79. The lowest BCUT2D eigenvalue weighted by atomic mass is 10.0. The van der Waals surface area contributed by atoms with Gasteiger partial charge >= 0.3 is 5.97 Å². The molecule has 7 heteroatoms. The molecule has 0 bridgehead atoms. The number of aliphatic carboxylic acids is 1. The van der Waals surface area contributed by atoms with Crippen LogP contribution in [0.5, 0.6) is 0 Å². The van der Waals surface area contributed by atoms with Gasteiger partial charge < -0.3 is 10.8 Å². The van der Waals surface area contributed by atoms with Crippen molar-refractivity contribution in [1.82, 2.24) is 3.97 Å². The van der Waals surface area contributed by atoms with Gasteiger partial charge in [-0.15, -0.1) is 0 Å². The maximum atomic E-state index is 12.9. The number of aromatic nitrogens is 1. The highest BCUT2D eigenvalue weighted by Crippen LogP contribution is 2.30. The zero-order chi connectivity index (χ0) is 17.3. The summed E-state index contributed by atoms with van der Waals surface area (Å²) < 4.78 is 27.0. The molecule has 0 aliphatic heterocycles. The van der Waals surface area contributed by atoms with E-state index in [1.54, 1.807) is 42.5 Å². The Labute approximate surface area is 139 Å². The molecule has 2 aromatic carbocycles. The fourth-order valence-corrected chi connectivity index (χ4v) is 4.07. The molecule has 0 aliphatic carbocycles. The van der Waals surface area contributed by atoms with E-state index in [1.165, 1.54) is 18.3 Å². The number of hydrogen-bond acceptors (Lipinski definition) is 4. The molecular formula is C17H16N2O4S. The molecule has 0 amide bonds. The summed E-state index contributed by atoms with van der Waals surface area (Å²) >= 11 is 0. The second-order valence-electron chi connectivity index (χ2n) is 5.42. The van der Waals surface area contributed by atoms with Gasteiger partial charge in [0, 0.05) is 17.6 Å². The average molecular weight is 344 g/mol. The van der Waals surface area contributed by atoms with Crippen molar-refractivity contribution in [2.24, 2.45) is 5.73 Å². The first-order chi connectivity index (χ1) is 11.4. The minimum Gasteiger partial charge on any atom is -0.481 e. The summed E-state index contributed by atoms with van der Waals surface area (Å²) in [6.07, 6.45) is 1.14. The van der Waals surface area contributed by atoms with Crippen LogP contribution in [0.1, 0.15) is 18.0 Å². The molecule has 1 unspecified atom stereocenters. The van der Waals surface area contributed by atoms with Crippen molar-refractivity contribution in [2.75, 3.05) is 0 Å². The monoisotopic (exact) mass is 344 g/mol. The summed E-state index contributed by atoms with van der Waals surface area (Å²) in [5, 5.41) is 9.59. The van der Waals surface area contributed by atoms with Crippen LogP contribution in [-0.4, -0.2) is 23.5 Å². The molecule has 3 aromatic rings. The first kappa shape index (κ1) is 16.2. The number of benzene rings is 2. The van der Waals surface area contributed by atoms with Gasteiger partial charge in [0.05, 0.1) is 16.8 Å². The Kier molecular flexibility index (Phi) is 4.13. The number of para-hydroxylation sites is 1. The van der Waals surface area contributed by atoms with Crippen LogP contribution in [0.2, 0.25) is 0 Å². The summed E-state index contributed by atoms with van der Waals surface area (Å²) in [6, 6.07) is 14.2. The van der Waals surface area contributed by atoms with E-state index in [0.717, 1.165) is 3.97 Å². The Morgan fingerprint density at radius 3 is 2.38 bits per heavy atom. The van der Waals surface area contributed by atoms with Gasteiger partial charge in [-0.25, -0.2) is 12.4 Å². The summed E-state index contributed by atoms with van der Waals surface area (Å²) in [5.74, 6) is -1.04. The average Bonchev–Trinajstić information content (AvgIpc) is 2.95. The second kappa shape index (κ2) is 6.10. The number of carbonyl (C=O) groups is 1. The normalized spacial score (nSPS) is 13.0. The first-order valence-corrected chi connectivity index (χ1v) is 8.73. The highest BCUT2D eigenvalue weighted by Gasteiger charge is 2.23. The maximum Gasteiger partial charge on any atom is 0.305 e. The third-order valence-electron chi connectivity index (χ3n) is 3.80. The third-order valence-corrected chi connectivity index (χ3v) is 5.49. The minimum absolute atomic E-state index is 0.157. The van der Waals surface area contributed by atoms with Gasteiger partial charge in [-0.3, -0.25) is 4.79 Å². The molecule has 124 valence electrons. The van der Waals surface area contributed by atoms with Crippen molar-refractivity contribution in [3.8, 4) is 0 Å². The predicted molar refractivity (Wildman–Crippen MR) is 90.1 cm³/mol. The molecule has 3 N–H and O–H groups in total. The second-order valence-corrected chi connectivity index (χ2v) is 7.23. The Balaban J connectivity index is 2.21. The van der Waals surface area contributed by atoms with E-state index in [1.807, 2.05) is 0 Å². The number of carboxylic acids is 1. The quantitative estimate of drug-likeness (QED) is 0.739. The molecule has 1 aromatic heterocycles. The lowest BCUT2D eigenvalue weighted by Crippen LogP contribution is -2.15. The molecule has 3 rings (SSSR count). The summed E-state index contributed by atoms with van der Waals surface area (Å²) in [5.41, 5.74) is 6.93. The number of carboxylic acid groups (broad SMARTS) is 1. The lowest BCUT2D eigenvalue weighted by molar-refractivity contribution is -0.137. The fourth-order valence-electron chi connectivity index (χ4n) is 2.67. The van der Waals surface area contributed by atoms with Crippen molar-refractivity contribution < 1.29 is 18.3 Å². The number of fused-ring (bicyclic) bond motifs is 1. The van der Waals surface area contributed by atoms with Crippen LogP contribution in [0.25, 0.3) is 10.9 Å². The number of nitrogens with two attached hydrogens (primary N) is 1. The molecule has 0 fully saturated rings. The zero-order valence-electron chi connectivity index (χ0n) is 12.7. The van der Waals surface area contributed by atoms with E-state index in [4.69, 9.17) is 10.8 Å². The van der Waals surface area contributed by atoms with Crippen molar-refractivity contribution in [2.45, 2.75) is 17.4 Å². The molecule has 24 heavy (non-hydrogen) atoms. The number of nitrogens with zero attached hydrogens (tertiary/aromatic N) is 1. The van der Waals surface area contributed by atoms with Crippen LogP contribution in [0.4, 0.5) is 0 Å². The first-order valence-electron chi connectivity index (χ1n) is 7.29. The molecule has 0 aliphatic rings. The smallest absolute Gasteiger partial charge is 0.305 e. The van der Waals surface area contributed by atoms with E-state index in [0.29, 0.717) is 16.5 Å². The SMILES string of the molecule is NC(CC(=O)O)c1cn(S(=O)(=O)c2ccccc2)c2ccccc12. The van der Waals surface area contributed by atoms with E-state index < -0.39 is 22.0 Å². The standard InChI is InChI=1S/C17H16N2O4S/c18-15(10-17(20)21)14-11-19(16-9-5-4-8-13(14)16)24(22,23)12-6-2-1-3-7-12/h1-9,11,15H,10,18H2,(H,20,21). The van der Waals surface area contributed by atoms with Gasteiger partial charge in [-0.1, -0.05) is 36.4 Å². The molecule has 1 atom stereocenters. The van der Waals surface area contributed by atoms with Gasteiger partial charge in [0.15, 0.2) is 0 Å². The fraction of sp³-hybridized carbons (Fsp3) is 0.118. The van der Waals surface area contributed by atoms with E-state index >= 15 is 0 Å². The maximum absolute atomic E-state index is 12.9.